The summed E-state index contributed by atoms with van der Waals surface area (Å²) in [5, 5.41) is 5.57. The number of anilines is 1. The molecule has 0 aromatic carbocycles. The smallest absolute Gasteiger partial charge is 0.253 e. The van der Waals surface area contributed by atoms with Crippen LogP contribution in [-0.2, 0) is 37.3 Å². The normalized spacial score (nSPS) is 27.3. The monoisotopic (exact) mass is 649 g/mol. The summed E-state index contributed by atoms with van der Waals surface area (Å²) < 4.78 is 54.8. The Morgan fingerprint density at radius 2 is 1.81 bits per heavy atom. The maximum atomic E-state index is 14.9. The summed E-state index contributed by atoms with van der Waals surface area (Å²) in [6.07, 6.45) is 7.08. The number of ether oxygens (including phenoxy) is 2. The lowest BCUT2D eigenvalue weighted by molar-refractivity contribution is -0.141. The van der Waals surface area contributed by atoms with E-state index in [-0.39, 0.29) is 50.7 Å². The average molecular weight is 650 g/mol. The number of nitrogens with one attached hydrogen (secondary N) is 2. The second kappa shape index (κ2) is 12.9. The Hall–Kier alpha value is -4.62. The van der Waals surface area contributed by atoms with Crippen molar-refractivity contribution in [1.29, 1.82) is 0 Å². The Morgan fingerprint density at radius 1 is 1.02 bits per heavy atom. The van der Waals surface area contributed by atoms with Crippen LogP contribution in [-0.4, -0.2) is 77.6 Å². The quantitative estimate of drug-likeness (QED) is 0.482. The lowest BCUT2D eigenvalue weighted by atomic mass is 9.79. The Balaban J connectivity index is 1.34. The lowest BCUT2D eigenvalue weighted by Gasteiger charge is -2.43. The minimum Gasteiger partial charge on any atom is -0.377 e. The molecule has 2 aromatic rings. The largest absolute Gasteiger partial charge is 0.377 e. The molecular formula is C34H34F3N5O5. The van der Waals surface area contributed by atoms with E-state index < -0.39 is 58.3 Å². The first-order valence-corrected chi connectivity index (χ1v) is 15.3. The van der Waals surface area contributed by atoms with E-state index in [0.717, 1.165) is 11.1 Å². The fourth-order valence-corrected chi connectivity index (χ4v) is 6.94. The van der Waals surface area contributed by atoms with E-state index in [1.54, 1.807) is 19.2 Å². The summed E-state index contributed by atoms with van der Waals surface area (Å²) in [6.45, 7) is 8.60. The van der Waals surface area contributed by atoms with Crippen LogP contribution in [0, 0.1) is 5.92 Å². The molecule has 1 saturated heterocycles. The van der Waals surface area contributed by atoms with Gasteiger partial charge in [0.05, 0.1) is 37.4 Å². The van der Waals surface area contributed by atoms with Gasteiger partial charge in [0.2, 0.25) is 11.8 Å². The summed E-state index contributed by atoms with van der Waals surface area (Å²) in [4.78, 5) is 51.0. The minimum absolute atomic E-state index is 0.0306. The molecule has 47 heavy (non-hydrogen) atoms. The first kappa shape index (κ1) is 32.3. The molecule has 1 spiro atoms. The number of pyridine rings is 2. The zero-order valence-corrected chi connectivity index (χ0v) is 25.8. The maximum Gasteiger partial charge on any atom is 0.253 e. The van der Waals surface area contributed by atoms with Crippen LogP contribution in [0.15, 0.2) is 66.8 Å². The number of aromatic nitrogens is 2. The fourth-order valence-electron chi connectivity index (χ4n) is 6.94. The van der Waals surface area contributed by atoms with Crippen LogP contribution in [0.4, 0.5) is 19.0 Å². The molecule has 0 radical (unpaired) electrons. The number of piperidine rings is 1. The van der Waals surface area contributed by atoms with E-state index >= 15 is 0 Å². The molecule has 3 aliphatic heterocycles. The van der Waals surface area contributed by atoms with Gasteiger partial charge in [0, 0.05) is 54.1 Å². The van der Waals surface area contributed by atoms with E-state index in [2.05, 4.69) is 33.8 Å². The van der Waals surface area contributed by atoms with Gasteiger partial charge in [-0.05, 0) is 43.0 Å². The second-order valence-electron chi connectivity index (χ2n) is 12.2. The van der Waals surface area contributed by atoms with Crippen molar-refractivity contribution in [2.24, 2.45) is 5.92 Å². The Labute approximate surface area is 269 Å². The first-order valence-electron chi connectivity index (χ1n) is 15.3. The van der Waals surface area contributed by atoms with Crippen LogP contribution < -0.4 is 10.6 Å². The number of halogens is 3. The number of carbonyl (C=O) groups is 3. The van der Waals surface area contributed by atoms with Crippen molar-refractivity contribution in [3.8, 4) is 0 Å². The molecule has 2 N–H and O–H groups in total. The van der Waals surface area contributed by atoms with E-state index in [1.807, 2.05) is 18.2 Å². The van der Waals surface area contributed by atoms with Gasteiger partial charge in [0.15, 0.2) is 11.7 Å². The molecule has 0 unspecified atom stereocenters. The number of hydrogen-bond donors (Lipinski definition) is 2. The van der Waals surface area contributed by atoms with E-state index in [1.165, 1.54) is 11.1 Å². The summed E-state index contributed by atoms with van der Waals surface area (Å²) >= 11 is 0. The van der Waals surface area contributed by atoms with Gasteiger partial charge in [0.25, 0.3) is 5.91 Å². The number of nitrogens with zero attached hydrogens (tertiary/aromatic N) is 3. The van der Waals surface area contributed by atoms with Crippen LogP contribution in [0.3, 0.4) is 0 Å². The molecule has 7 bridgehead atoms. The fraction of sp³-hybridized carbons (Fsp3) is 0.382. The third-order valence-electron chi connectivity index (χ3n) is 9.34. The third-order valence-corrected chi connectivity index (χ3v) is 9.34. The van der Waals surface area contributed by atoms with Gasteiger partial charge in [-0.15, -0.1) is 0 Å². The second-order valence-corrected chi connectivity index (χ2v) is 12.2. The number of allylic oxidation sites excluding steroid dienone is 3. The number of carbonyl (C=O) groups excluding carboxylic acids is 3. The van der Waals surface area contributed by atoms with E-state index in [9.17, 15) is 27.6 Å². The van der Waals surface area contributed by atoms with Gasteiger partial charge in [0.1, 0.15) is 17.7 Å². The molecule has 3 amide bonds. The molecule has 0 saturated carbocycles. The SMILES string of the molecule is C=C(F)/C(F)=C(\C(=C)F)[C@@H]1C[C@@H]2NC(=O)c3cnc4c(c3)C[C@@]3(C4)C(=O)Nc4ncc(cc43)/C=C/COCCOCCN(C2=O)[C@@H]1C. The Bertz CT molecular complexity index is 1740. The van der Waals surface area contributed by atoms with Gasteiger partial charge < -0.3 is 25.0 Å². The Morgan fingerprint density at radius 3 is 2.57 bits per heavy atom. The predicted molar refractivity (Wildman–Crippen MR) is 166 cm³/mol. The van der Waals surface area contributed by atoms with Crippen LogP contribution >= 0.6 is 0 Å². The van der Waals surface area contributed by atoms with Gasteiger partial charge in [-0.3, -0.25) is 19.4 Å². The van der Waals surface area contributed by atoms with Gasteiger partial charge >= 0.3 is 0 Å². The van der Waals surface area contributed by atoms with Crippen molar-refractivity contribution in [3.63, 3.8) is 0 Å². The predicted octanol–water partition coefficient (Wildman–Crippen LogP) is 4.05. The average Bonchev–Trinajstić information content (AvgIpc) is 3.55. The van der Waals surface area contributed by atoms with Crippen LogP contribution in [0.2, 0.25) is 0 Å². The van der Waals surface area contributed by atoms with Crippen LogP contribution in [0.5, 0.6) is 0 Å². The standard InChI is InChI=1S/C34H34F3N5O5/c1-18(35)28(29(37)19(2)36)24-13-26-32(44)42(20(24)3)6-8-47-10-9-46-7-4-5-21-11-25-30(39-16-21)41-33(45)34(25)14-22-12-23(31(43)40-26)17-38-27(22)15-34/h4-5,11-12,16-17,20,24,26H,1-2,6-10,13-15H2,3H3,(H,40,43)(H,39,41,45)/b5-4+,29-28-/t20-,24-,26+,34+/m1/s1. The van der Waals surface area contributed by atoms with Crippen molar-refractivity contribution >= 4 is 29.6 Å². The highest BCUT2D eigenvalue weighted by atomic mass is 19.2. The van der Waals surface area contributed by atoms with Crippen molar-refractivity contribution in [2.45, 2.75) is 43.7 Å². The van der Waals surface area contributed by atoms with Crippen LogP contribution in [0.25, 0.3) is 6.08 Å². The number of fused-ring (bicyclic) bond motifs is 4. The molecule has 6 rings (SSSR count). The summed E-state index contributed by atoms with van der Waals surface area (Å²) in [5.74, 6) is -6.12. The third kappa shape index (κ3) is 6.00. The highest BCUT2D eigenvalue weighted by Gasteiger charge is 2.52. The molecule has 2 aromatic heterocycles. The summed E-state index contributed by atoms with van der Waals surface area (Å²) in [5.41, 5.74) is 1.43. The van der Waals surface area contributed by atoms with Gasteiger partial charge in [-0.1, -0.05) is 25.3 Å². The van der Waals surface area contributed by atoms with E-state index in [0.29, 0.717) is 30.1 Å². The van der Waals surface area contributed by atoms with Gasteiger partial charge in [-0.25, -0.2) is 18.2 Å². The number of rotatable bonds is 3. The highest BCUT2D eigenvalue weighted by Crippen LogP contribution is 2.46. The zero-order valence-electron chi connectivity index (χ0n) is 25.8. The first-order chi connectivity index (χ1) is 22.5. The van der Waals surface area contributed by atoms with E-state index in [4.69, 9.17) is 9.47 Å². The molecule has 246 valence electrons. The van der Waals surface area contributed by atoms with Crippen molar-refractivity contribution in [3.05, 3.63) is 94.8 Å². The molecule has 1 aliphatic carbocycles. The molecule has 4 aliphatic rings. The Kier molecular flexibility index (Phi) is 8.86. The molecule has 13 heteroatoms. The molecule has 4 atom stereocenters. The van der Waals surface area contributed by atoms with Crippen LogP contribution in [0.1, 0.15) is 46.1 Å². The highest BCUT2D eigenvalue weighted by molar-refractivity contribution is 6.06. The van der Waals surface area contributed by atoms with Crippen molar-refractivity contribution < 1.29 is 37.0 Å². The maximum absolute atomic E-state index is 14.9. The van der Waals surface area contributed by atoms with Crippen molar-refractivity contribution in [1.82, 2.24) is 20.2 Å². The molecule has 10 nitrogen and oxygen atoms in total. The van der Waals surface area contributed by atoms with Gasteiger partial charge in [-0.2, -0.15) is 0 Å². The topological polar surface area (TPSA) is 123 Å². The molecule has 1 fully saturated rings. The minimum atomic E-state index is -1.50. The molecular weight excluding hydrogens is 615 g/mol. The number of amides is 3. The lowest BCUT2D eigenvalue weighted by Crippen LogP contribution is -2.59. The summed E-state index contributed by atoms with van der Waals surface area (Å²) in [6, 6.07) is 1.53. The zero-order chi connectivity index (χ0) is 33.5. The molecule has 5 heterocycles. The van der Waals surface area contributed by atoms with Crippen molar-refractivity contribution in [2.75, 3.05) is 38.3 Å². The number of hydrogen-bond acceptors (Lipinski definition) is 7. The summed E-state index contributed by atoms with van der Waals surface area (Å²) in [7, 11) is 0.